The van der Waals surface area contributed by atoms with Crippen molar-refractivity contribution in [3.05, 3.63) is 132 Å². The van der Waals surface area contributed by atoms with Crippen LogP contribution in [0.15, 0.2) is 129 Å². The molecule has 1 unspecified atom stereocenters. The standard InChI is InChI=1S/C56H63ClF5N6O10PS4/c1-36(2)68-37(3)54(81(4)73)52(53(68)38-9-11-41(57)12-10-38)40-31-42(58)33-46(32-40)67-27-25-66(26-28-67)45-15-13-43(14-16-45)64-83(76,77)47-17-18-49(51(34-47)82(74,75)56(60,61)62)63-44(35-80-50-8-6-5-7-48(50)59)21-24-65-22-19-39(20-23-65)55(69)78-29-30-79(70,71)72/h5-18,31-34,36,39,44,63-64H,19-30,35H2,1-4H3,(H2,70,71,72)/t44-,81?/m1/s1. The van der Waals surface area contributed by atoms with Crippen LogP contribution >= 0.6 is 31.0 Å². The number of benzene rings is 5. The van der Waals surface area contributed by atoms with Gasteiger partial charge in [-0.15, -0.1) is 11.8 Å². The molecule has 2 aliphatic heterocycles. The van der Waals surface area contributed by atoms with Gasteiger partial charge in [0.1, 0.15) is 23.1 Å². The Balaban J connectivity index is 0.959. The van der Waals surface area contributed by atoms with Gasteiger partial charge in [-0.25, -0.2) is 25.6 Å². The van der Waals surface area contributed by atoms with Crippen molar-refractivity contribution in [1.82, 2.24) is 9.47 Å². The number of hydrogen-bond donors (Lipinski definition) is 4. The van der Waals surface area contributed by atoms with E-state index in [9.17, 15) is 48.0 Å². The molecule has 83 heavy (non-hydrogen) atoms. The van der Waals surface area contributed by atoms with Gasteiger partial charge >= 0.3 is 19.1 Å². The molecule has 6 aromatic rings. The number of aromatic nitrogens is 1. The van der Waals surface area contributed by atoms with E-state index in [0.717, 1.165) is 40.8 Å². The molecule has 0 spiro atoms. The first-order chi connectivity index (χ1) is 39.1. The number of rotatable bonds is 22. The number of ether oxygens (including phenoxy) is 1. The monoisotopic (exact) mass is 1270 g/mol. The van der Waals surface area contributed by atoms with Gasteiger partial charge in [-0.05, 0) is 149 Å². The fourth-order valence-electron chi connectivity index (χ4n) is 10.3. The zero-order chi connectivity index (χ0) is 60.2. The number of esters is 1. The van der Waals surface area contributed by atoms with Crippen LogP contribution in [-0.2, 0) is 44.8 Å². The van der Waals surface area contributed by atoms with E-state index in [4.69, 9.17) is 26.1 Å². The van der Waals surface area contributed by atoms with Crippen molar-refractivity contribution in [3.63, 3.8) is 0 Å². The van der Waals surface area contributed by atoms with E-state index in [0.29, 0.717) is 97.1 Å². The average Bonchev–Trinajstić information content (AvgIpc) is 2.18. The van der Waals surface area contributed by atoms with Crippen LogP contribution in [0.4, 0.5) is 44.7 Å². The number of likely N-dealkylation sites (tertiary alicyclic amines) is 1. The molecule has 4 N–H and O–H groups in total. The summed E-state index contributed by atoms with van der Waals surface area (Å²) in [5, 5.41) is 3.44. The van der Waals surface area contributed by atoms with Crippen molar-refractivity contribution < 1.29 is 66.9 Å². The van der Waals surface area contributed by atoms with Crippen molar-refractivity contribution in [1.29, 1.82) is 0 Å². The Labute approximate surface area is 491 Å². The van der Waals surface area contributed by atoms with Crippen LogP contribution in [0.1, 0.15) is 44.8 Å². The zero-order valence-corrected chi connectivity index (χ0v) is 50.5. The molecule has 0 radical (unpaired) electrons. The molecule has 5 aromatic carbocycles. The zero-order valence-electron chi connectivity index (χ0n) is 45.6. The lowest BCUT2D eigenvalue weighted by molar-refractivity contribution is -0.149. The molecule has 448 valence electrons. The van der Waals surface area contributed by atoms with Gasteiger partial charge in [0.2, 0.25) is 0 Å². The Morgan fingerprint density at radius 2 is 1.49 bits per heavy atom. The van der Waals surface area contributed by atoms with Gasteiger partial charge < -0.3 is 39.1 Å². The Morgan fingerprint density at radius 1 is 0.855 bits per heavy atom. The maximum Gasteiger partial charge on any atom is 0.501 e. The molecule has 0 saturated carbocycles. The molecule has 0 aliphatic carbocycles. The van der Waals surface area contributed by atoms with E-state index in [1.807, 2.05) is 53.7 Å². The van der Waals surface area contributed by atoms with Gasteiger partial charge in [0.05, 0.1) is 44.1 Å². The maximum atomic E-state index is 15.8. The second-order valence-electron chi connectivity index (χ2n) is 20.5. The highest BCUT2D eigenvalue weighted by molar-refractivity contribution is 7.99. The van der Waals surface area contributed by atoms with Crippen LogP contribution in [0, 0.1) is 24.5 Å². The molecule has 2 aliphatic rings. The van der Waals surface area contributed by atoms with Crippen molar-refractivity contribution in [3.8, 4) is 22.4 Å². The first-order valence-corrected chi connectivity index (χ1v) is 34.1. The number of anilines is 4. The van der Waals surface area contributed by atoms with Crippen LogP contribution in [0.25, 0.3) is 22.4 Å². The predicted octanol–water partition coefficient (Wildman–Crippen LogP) is 11.2. The smallest absolute Gasteiger partial charge is 0.465 e. The summed E-state index contributed by atoms with van der Waals surface area (Å²) in [6.07, 6.45) is 1.86. The molecule has 27 heteroatoms. The molecular weight excluding hydrogens is 1210 g/mol. The van der Waals surface area contributed by atoms with E-state index >= 15 is 4.39 Å². The molecule has 8 rings (SSSR count). The molecule has 0 bridgehead atoms. The number of carbonyl (C=O) groups excluding carboxylic acids is 1. The lowest BCUT2D eigenvalue weighted by Gasteiger charge is -2.37. The third kappa shape index (κ3) is 15.5. The number of thioether (sulfide) groups is 1. The Morgan fingerprint density at radius 3 is 2.10 bits per heavy atom. The van der Waals surface area contributed by atoms with Crippen molar-refractivity contribution in [2.45, 2.75) is 77.2 Å². The summed E-state index contributed by atoms with van der Waals surface area (Å²) in [5.74, 6) is -2.13. The highest BCUT2D eigenvalue weighted by atomic mass is 35.5. The molecule has 3 heterocycles. The quantitative estimate of drug-likeness (QED) is 0.0216. The number of halogens is 6. The molecular formula is C56H63ClF5N6O10PS4. The highest BCUT2D eigenvalue weighted by Gasteiger charge is 2.48. The number of sulfonamides is 1. The third-order valence-corrected chi connectivity index (χ3v) is 20.7. The number of alkyl halides is 3. The minimum Gasteiger partial charge on any atom is -0.465 e. The van der Waals surface area contributed by atoms with Gasteiger partial charge in [-0.1, -0.05) is 35.9 Å². The number of nitrogens with one attached hydrogen (secondary N) is 2. The summed E-state index contributed by atoms with van der Waals surface area (Å²) >= 11 is 7.30. The summed E-state index contributed by atoms with van der Waals surface area (Å²) in [6, 6.07) is 25.7. The molecule has 0 amide bonds. The van der Waals surface area contributed by atoms with Crippen molar-refractivity contribution in [2.24, 2.45) is 5.92 Å². The van der Waals surface area contributed by atoms with Crippen LogP contribution in [0.3, 0.4) is 0 Å². The van der Waals surface area contributed by atoms with E-state index in [1.165, 1.54) is 42.5 Å². The van der Waals surface area contributed by atoms with Gasteiger partial charge in [0.25, 0.3) is 19.9 Å². The number of hydrogen-bond acceptors (Lipinski definition) is 13. The summed E-state index contributed by atoms with van der Waals surface area (Å²) in [5.41, 5.74) is -1.37. The summed E-state index contributed by atoms with van der Waals surface area (Å²) in [6.45, 7) is 8.47. The third-order valence-electron chi connectivity index (χ3n) is 14.5. The molecule has 1 aromatic heterocycles. The maximum absolute atomic E-state index is 15.8. The first-order valence-electron chi connectivity index (χ1n) is 26.4. The van der Waals surface area contributed by atoms with Crippen LogP contribution in [-0.4, -0.2) is 128 Å². The Hall–Kier alpha value is -5.50. The van der Waals surface area contributed by atoms with E-state index in [-0.39, 0.29) is 28.8 Å². The van der Waals surface area contributed by atoms with Gasteiger partial charge in [-0.3, -0.25) is 18.3 Å². The van der Waals surface area contributed by atoms with E-state index in [2.05, 4.69) is 14.6 Å². The average molecular weight is 1270 g/mol. The number of sulfone groups is 1. The summed E-state index contributed by atoms with van der Waals surface area (Å²) < 4.78 is 162. The van der Waals surface area contributed by atoms with Gasteiger partial charge in [0, 0.05) is 95.1 Å². The van der Waals surface area contributed by atoms with Gasteiger partial charge in [0.15, 0.2) is 0 Å². The molecule has 2 fully saturated rings. The van der Waals surface area contributed by atoms with Crippen molar-refractivity contribution >= 4 is 90.3 Å². The number of nitrogens with zero attached hydrogens (tertiary/aromatic N) is 4. The minimum atomic E-state index is -6.19. The fraction of sp³-hybridized carbons (Fsp3) is 0.375. The van der Waals surface area contributed by atoms with Gasteiger partial charge in [-0.2, -0.15) is 13.2 Å². The second-order valence-corrected chi connectivity index (χ2v) is 28.7. The van der Waals surface area contributed by atoms with E-state index < -0.39 is 102 Å². The fourth-order valence-corrected chi connectivity index (χ4v) is 14.9. The SMILES string of the molecule is Cc1c(S(C)=O)c(-c2cc(F)cc(N3CCN(c4ccc(NS(=O)(=O)c5ccc(N[C@H](CCN6CCC(C(=O)OCCP(=O)(O)O)CC6)CSc6ccccc6F)c(S(=O)(=O)C(F)(F)F)c5)cc4)CC3)c2)c(-c2ccc(Cl)cc2)n1C(C)C. The summed E-state index contributed by atoms with van der Waals surface area (Å²) in [4.78, 5) is 35.5. The lowest BCUT2D eigenvalue weighted by Crippen LogP contribution is -2.46. The van der Waals surface area contributed by atoms with Crippen LogP contribution in [0.5, 0.6) is 0 Å². The molecule has 2 saturated heterocycles. The highest BCUT2D eigenvalue weighted by Crippen LogP contribution is 2.45. The van der Waals surface area contributed by atoms with Crippen LogP contribution in [0.2, 0.25) is 5.02 Å². The normalized spacial score (nSPS) is 15.8. The topological polar surface area (TPSA) is 208 Å². The van der Waals surface area contributed by atoms with E-state index in [1.54, 1.807) is 36.6 Å². The lowest BCUT2D eigenvalue weighted by atomic mass is 9.97. The second kappa shape index (κ2) is 26.4. The van der Waals surface area contributed by atoms with Crippen LogP contribution < -0.4 is 19.8 Å². The Bertz CT molecular complexity index is 3620. The predicted molar refractivity (Wildman–Crippen MR) is 315 cm³/mol. The largest absolute Gasteiger partial charge is 0.501 e. The minimum absolute atomic E-state index is 0.0230. The number of piperidine rings is 1. The molecule has 2 atom stereocenters. The first kappa shape index (κ1) is 63.5. The Kier molecular flexibility index (Phi) is 20.2. The number of piperazine rings is 1. The van der Waals surface area contributed by atoms with Crippen molar-refractivity contribution in [2.75, 3.05) is 90.4 Å². The molecule has 16 nitrogen and oxygen atoms in total. The number of carbonyl (C=O) groups is 1. The summed E-state index contributed by atoms with van der Waals surface area (Å²) in [7, 11) is -16.7.